The van der Waals surface area contributed by atoms with Crippen LogP contribution < -0.4 is 4.72 Å². The van der Waals surface area contributed by atoms with E-state index in [0.717, 1.165) is 12.0 Å². The van der Waals surface area contributed by atoms with Crippen LogP contribution in [0.1, 0.15) is 47.6 Å². The van der Waals surface area contributed by atoms with E-state index in [9.17, 15) is 8.42 Å². The summed E-state index contributed by atoms with van der Waals surface area (Å²) in [6, 6.07) is 16.5. The van der Waals surface area contributed by atoms with Gasteiger partial charge in [-0.2, -0.15) is 5.26 Å². The molecule has 0 saturated carbocycles. The van der Waals surface area contributed by atoms with E-state index < -0.39 is 10.0 Å². The van der Waals surface area contributed by atoms with E-state index in [1.807, 2.05) is 24.3 Å². The predicted octanol–water partition coefficient (Wildman–Crippen LogP) is 3.23. The average Bonchev–Trinajstić information content (AvgIpc) is 2.83. The topological polar surface area (TPSA) is 70.0 Å². The van der Waals surface area contributed by atoms with Gasteiger partial charge in [0.1, 0.15) is 0 Å². The number of hydrogen-bond donors (Lipinski definition) is 1. The van der Waals surface area contributed by atoms with Crippen molar-refractivity contribution in [1.29, 1.82) is 5.26 Å². The predicted molar refractivity (Wildman–Crippen MR) is 89.1 cm³/mol. The molecule has 2 atom stereocenters. The molecular formula is C18H18N2O2S. The Kier molecular flexibility index (Phi) is 4.20. The van der Waals surface area contributed by atoms with E-state index in [1.165, 1.54) is 5.56 Å². The Morgan fingerprint density at radius 2 is 1.91 bits per heavy atom. The van der Waals surface area contributed by atoms with Gasteiger partial charge in [0.2, 0.25) is 10.0 Å². The van der Waals surface area contributed by atoms with E-state index in [-0.39, 0.29) is 11.8 Å². The minimum Gasteiger partial charge on any atom is -0.212 e. The molecule has 0 aromatic heterocycles. The van der Waals surface area contributed by atoms with Gasteiger partial charge in [0, 0.05) is 6.04 Å². The minimum atomic E-state index is -3.47. The van der Waals surface area contributed by atoms with Crippen molar-refractivity contribution in [2.75, 3.05) is 0 Å². The van der Waals surface area contributed by atoms with Gasteiger partial charge in [-0.25, -0.2) is 13.1 Å². The van der Waals surface area contributed by atoms with Gasteiger partial charge < -0.3 is 0 Å². The molecule has 1 aliphatic carbocycles. The highest BCUT2D eigenvalue weighted by atomic mass is 32.2. The quantitative estimate of drug-likeness (QED) is 0.938. The monoisotopic (exact) mass is 326 g/mol. The Morgan fingerprint density at radius 1 is 1.17 bits per heavy atom. The number of nitriles is 1. The molecule has 0 heterocycles. The fraction of sp³-hybridized carbons (Fsp3) is 0.278. The highest BCUT2D eigenvalue weighted by Gasteiger charge is 2.30. The van der Waals surface area contributed by atoms with Gasteiger partial charge in [-0.15, -0.1) is 0 Å². The van der Waals surface area contributed by atoms with Crippen molar-refractivity contribution in [1.82, 2.24) is 4.72 Å². The zero-order valence-electron chi connectivity index (χ0n) is 12.9. The molecule has 0 fully saturated rings. The van der Waals surface area contributed by atoms with Crippen LogP contribution >= 0.6 is 0 Å². The van der Waals surface area contributed by atoms with Gasteiger partial charge in [0.05, 0.1) is 17.4 Å². The zero-order chi connectivity index (χ0) is 16.4. The van der Waals surface area contributed by atoms with Crippen LogP contribution in [0.2, 0.25) is 0 Å². The molecule has 4 nitrogen and oxygen atoms in total. The summed E-state index contributed by atoms with van der Waals surface area (Å²) >= 11 is 0. The standard InChI is InChI=1S/C18H18N2O2S/c1-13-9-18(17-8-3-2-7-16(13)17)20-23(21,22)12-15-6-4-5-14(10-15)11-19/h2-8,10,13,18,20H,9,12H2,1H3/t13-,18-/m0/s1. The second kappa shape index (κ2) is 6.15. The SMILES string of the molecule is C[C@H]1C[C@H](NS(=O)(=O)Cc2cccc(C#N)c2)c2ccccc21. The van der Waals surface area contributed by atoms with Crippen molar-refractivity contribution in [3.8, 4) is 6.07 Å². The Bertz CT molecular complexity index is 869. The normalized spacial score (nSPS) is 20.0. The maximum absolute atomic E-state index is 12.5. The highest BCUT2D eigenvalue weighted by molar-refractivity contribution is 7.88. The van der Waals surface area contributed by atoms with Crippen molar-refractivity contribution < 1.29 is 8.42 Å². The molecule has 3 rings (SSSR count). The third-order valence-electron chi connectivity index (χ3n) is 4.23. The number of fused-ring (bicyclic) bond motifs is 1. The van der Waals surface area contributed by atoms with Gasteiger partial charge >= 0.3 is 0 Å². The van der Waals surface area contributed by atoms with Crippen LogP contribution in [0.4, 0.5) is 0 Å². The third kappa shape index (κ3) is 3.44. The molecule has 0 unspecified atom stereocenters. The van der Waals surface area contributed by atoms with E-state index in [1.54, 1.807) is 24.3 Å². The van der Waals surface area contributed by atoms with Crippen LogP contribution in [0.25, 0.3) is 0 Å². The van der Waals surface area contributed by atoms with Gasteiger partial charge in [-0.3, -0.25) is 0 Å². The maximum atomic E-state index is 12.5. The summed E-state index contributed by atoms with van der Waals surface area (Å²) in [5, 5.41) is 8.91. The second-order valence-corrected chi connectivity index (χ2v) is 7.76. The number of benzene rings is 2. The number of hydrogen-bond acceptors (Lipinski definition) is 3. The van der Waals surface area contributed by atoms with E-state index >= 15 is 0 Å². The van der Waals surface area contributed by atoms with Gasteiger partial charge in [0.15, 0.2) is 0 Å². The molecule has 1 N–H and O–H groups in total. The molecule has 0 saturated heterocycles. The first-order chi connectivity index (χ1) is 11.0. The molecule has 0 aliphatic heterocycles. The first-order valence-electron chi connectivity index (χ1n) is 7.56. The van der Waals surface area contributed by atoms with Crippen LogP contribution in [-0.2, 0) is 15.8 Å². The highest BCUT2D eigenvalue weighted by Crippen LogP contribution is 2.40. The molecular weight excluding hydrogens is 308 g/mol. The fourth-order valence-electron chi connectivity index (χ4n) is 3.20. The Morgan fingerprint density at radius 3 is 2.65 bits per heavy atom. The molecule has 5 heteroatoms. The molecule has 0 spiro atoms. The molecule has 2 aromatic carbocycles. The Balaban J connectivity index is 1.79. The minimum absolute atomic E-state index is 0.116. The lowest BCUT2D eigenvalue weighted by Gasteiger charge is -2.14. The summed E-state index contributed by atoms with van der Waals surface area (Å²) in [6.45, 7) is 2.11. The van der Waals surface area contributed by atoms with Crippen molar-refractivity contribution in [3.63, 3.8) is 0 Å². The van der Waals surface area contributed by atoms with Gasteiger partial charge in [0.25, 0.3) is 0 Å². The summed E-state index contributed by atoms with van der Waals surface area (Å²) in [5.41, 5.74) is 3.37. The number of sulfonamides is 1. The molecule has 2 aromatic rings. The Hall–Kier alpha value is -2.16. The summed E-state index contributed by atoms with van der Waals surface area (Å²) < 4.78 is 27.8. The van der Waals surface area contributed by atoms with Gasteiger partial charge in [-0.05, 0) is 41.2 Å². The third-order valence-corrected chi connectivity index (χ3v) is 5.58. The first kappa shape index (κ1) is 15.7. The molecule has 118 valence electrons. The average molecular weight is 326 g/mol. The zero-order valence-corrected chi connectivity index (χ0v) is 13.7. The summed E-state index contributed by atoms with van der Waals surface area (Å²) in [6.07, 6.45) is 0.775. The molecule has 23 heavy (non-hydrogen) atoms. The van der Waals surface area contributed by atoms with Crippen molar-refractivity contribution in [3.05, 3.63) is 70.8 Å². The van der Waals surface area contributed by atoms with E-state index in [0.29, 0.717) is 17.0 Å². The smallest absolute Gasteiger partial charge is 0.212 e. The molecule has 0 bridgehead atoms. The van der Waals surface area contributed by atoms with Crippen LogP contribution in [-0.4, -0.2) is 8.42 Å². The van der Waals surface area contributed by atoms with Crippen molar-refractivity contribution in [2.24, 2.45) is 0 Å². The number of nitrogens with zero attached hydrogens (tertiary/aromatic N) is 1. The first-order valence-corrected chi connectivity index (χ1v) is 9.21. The lowest BCUT2D eigenvalue weighted by Crippen LogP contribution is -2.28. The summed E-state index contributed by atoms with van der Waals surface area (Å²) in [5.74, 6) is 0.232. The van der Waals surface area contributed by atoms with E-state index in [4.69, 9.17) is 5.26 Å². The maximum Gasteiger partial charge on any atom is 0.216 e. The number of rotatable bonds is 4. The van der Waals surface area contributed by atoms with Crippen LogP contribution in [0.15, 0.2) is 48.5 Å². The molecule has 0 amide bonds. The lowest BCUT2D eigenvalue weighted by molar-refractivity contribution is 0.541. The molecule has 1 aliphatic rings. The van der Waals surface area contributed by atoms with Crippen LogP contribution in [0.3, 0.4) is 0 Å². The largest absolute Gasteiger partial charge is 0.216 e. The van der Waals surface area contributed by atoms with Crippen molar-refractivity contribution >= 4 is 10.0 Å². The van der Waals surface area contributed by atoms with Crippen LogP contribution in [0, 0.1) is 11.3 Å². The summed E-state index contributed by atoms with van der Waals surface area (Å²) in [4.78, 5) is 0. The summed E-state index contributed by atoms with van der Waals surface area (Å²) in [7, 11) is -3.47. The molecule has 0 radical (unpaired) electrons. The fourth-order valence-corrected chi connectivity index (χ4v) is 4.56. The number of nitrogens with one attached hydrogen (secondary N) is 1. The lowest BCUT2D eigenvalue weighted by atomic mass is 10.0. The van der Waals surface area contributed by atoms with Crippen molar-refractivity contribution in [2.45, 2.75) is 31.1 Å². The van der Waals surface area contributed by atoms with Gasteiger partial charge in [-0.1, -0.05) is 43.3 Å². The second-order valence-electron chi connectivity index (χ2n) is 6.01. The van der Waals surface area contributed by atoms with E-state index in [2.05, 4.69) is 17.7 Å². The Labute approximate surface area is 136 Å². The van der Waals surface area contributed by atoms with Crippen LogP contribution in [0.5, 0.6) is 0 Å².